The summed E-state index contributed by atoms with van der Waals surface area (Å²) in [6, 6.07) is 13.5. The van der Waals surface area contributed by atoms with Crippen LogP contribution >= 0.6 is 0 Å². The van der Waals surface area contributed by atoms with Crippen LogP contribution in [0.15, 0.2) is 53.6 Å². The first kappa shape index (κ1) is 15.9. The van der Waals surface area contributed by atoms with Gasteiger partial charge >= 0.3 is 0 Å². The number of aromatic nitrogens is 4. The van der Waals surface area contributed by atoms with Crippen molar-refractivity contribution in [3.8, 4) is 5.82 Å². The minimum absolute atomic E-state index is 0.622. The molecule has 0 saturated carbocycles. The van der Waals surface area contributed by atoms with Crippen molar-refractivity contribution in [3.05, 3.63) is 54.4 Å². The summed E-state index contributed by atoms with van der Waals surface area (Å²) < 4.78 is 14.7. The third-order valence-corrected chi connectivity index (χ3v) is 5.78. The van der Waals surface area contributed by atoms with Crippen molar-refractivity contribution in [1.82, 2.24) is 19.7 Å². The van der Waals surface area contributed by atoms with Gasteiger partial charge in [0.25, 0.3) is 0 Å². The highest BCUT2D eigenvalue weighted by atomic mass is 32.2. The van der Waals surface area contributed by atoms with Gasteiger partial charge in [-0.3, -0.25) is 4.21 Å². The molecule has 0 radical (unpaired) electrons. The number of fused-ring (bicyclic) bond motifs is 2. The lowest BCUT2D eigenvalue weighted by Crippen LogP contribution is -2.03. The molecule has 0 fully saturated rings. The van der Waals surface area contributed by atoms with Crippen LogP contribution < -0.4 is 0 Å². The highest BCUT2D eigenvalue weighted by Gasteiger charge is 2.21. The van der Waals surface area contributed by atoms with E-state index in [0.717, 1.165) is 33.3 Å². The van der Waals surface area contributed by atoms with Gasteiger partial charge in [-0.1, -0.05) is 31.2 Å². The van der Waals surface area contributed by atoms with Crippen molar-refractivity contribution in [2.75, 3.05) is 5.75 Å². The highest BCUT2D eigenvalue weighted by Crippen LogP contribution is 2.32. The molecule has 126 valence electrons. The van der Waals surface area contributed by atoms with E-state index < -0.39 is 10.8 Å². The smallest absolute Gasteiger partial charge is 0.166 e. The Hall–Kier alpha value is -2.60. The minimum Gasteiger partial charge on any atom is -0.254 e. The maximum atomic E-state index is 13.0. The first-order valence-corrected chi connectivity index (χ1v) is 9.60. The van der Waals surface area contributed by atoms with Gasteiger partial charge in [0, 0.05) is 17.3 Å². The van der Waals surface area contributed by atoms with E-state index >= 15 is 0 Å². The predicted molar refractivity (Wildman–Crippen MR) is 100 cm³/mol. The van der Waals surface area contributed by atoms with E-state index in [0.29, 0.717) is 17.2 Å². The average Bonchev–Trinajstić information content (AvgIpc) is 2.97. The third kappa shape index (κ3) is 2.62. The summed E-state index contributed by atoms with van der Waals surface area (Å²) >= 11 is 0. The first-order chi connectivity index (χ1) is 12.2. The Morgan fingerprint density at radius 1 is 1.12 bits per heavy atom. The van der Waals surface area contributed by atoms with Crippen molar-refractivity contribution in [3.63, 3.8) is 0 Å². The fraction of sp³-hybridized carbons (Fsp3) is 0.211. The maximum absolute atomic E-state index is 13.0. The number of aryl methyl sites for hydroxylation is 1. The first-order valence-electron chi connectivity index (χ1n) is 8.28. The number of rotatable bonds is 4. The van der Waals surface area contributed by atoms with Gasteiger partial charge in [-0.2, -0.15) is 9.78 Å². The second-order valence-corrected chi connectivity index (χ2v) is 7.40. The number of nitrogens with zero attached hydrogens (tertiary/aromatic N) is 4. The Morgan fingerprint density at radius 3 is 2.68 bits per heavy atom. The molecule has 6 heteroatoms. The van der Waals surface area contributed by atoms with Crippen molar-refractivity contribution in [2.45, 2.75) is 25.2 Å². The Kier molecular flexibility index (Phi) is 4.05. The van der Waals surface area contributed by atoms with E-state index in [4.69, 9.17) is 4.98 Å². The van der Waals surface area contributed by atoms with Crippen molar-refractivity contribution in [2.24, 2.45) is 0 Å². The minimum atomic E-state index is -1.10. The standard InChI is InChI=1S/C19H18N4OS/c1-3-12-25(24)18-14-8-4-5-9-15(14)21-19-17(18)13(2)22-23(19)16-10-6-7-11-20-16/h4-11H,3,12H2,1-2H3. The molecule has 5 nitrogen and oxygen atoms in total. The van der Waals surface area contributed by atoms with Crippen LogP contribution in [0, 0.1) is 6.92 Å². The fourth-order valence-corrected chi connectivity index (χ4v) is 4.52. The molecule has 0 bridgehead atoms. The zero-order valence-corrected chi connectivity index (χ0v) is 15.0. The summed E-state index contributed by atoms with van der Waals surface area (Å²) in [4.78, 5) is 10.0. The number of pyridine rings is 2. The maximum Gasteiger partial charge on any atom is 0.166 e. The molecule has 0 saturated heterocycles. The number of para-hydroxylation sites is 1. The lowest BCUT2D eigenvalue weighted by atomic mass is 10.1. The Balaban J connectivity index is 2.13. The molecule has 0 N–H and O–H groups in total. The molecule has 1 unspecified atom stereocenters. The van der Waals surface area contributed by atoms with Crippen molar-refractivity contribution >= 4 is 32.7 Å². The summed E-state index contributed by atoms with van der Waals surface area (Å²) in [6.45, 7) is 3.98. The van der Waals surface area contributed by atoms with Crippen LogP contribution in [0.25, 0.3) is 27.8 Å². The second kappa shape index (κ2) is 6.37. The molecule has 0 aliphatic rings. The van der Waals surface area contributed by atoms with Gasteiger partial charge in [-0.15, -0.1) is 0 Å². The highest BCUT2D eigenvalue weighted by molar-refractivity contribution is 7.85. The Bertz CT molecular complexity index is 1090. The van der Waals surface area contributed by atoms with E-state index in [2.05, 4.69) is 10.1 Å². The van der Waals surface area contributed by atoms with Gasteiger partial charge in [0.15, 0.2) is 11.5 Å². The molecule has 0 spiro atoms. The normalized spacial score (nSPS) is 12.7. The molecule has 25 heavy (non-hydrogen) atoms. The Labute approximate surface area is 148 Å². The second-order valence-electron chi connectivity index (χ2n) is 5.89. The molecule has 0 aliphatic carbocycles. The van der Waals surface area contributed by atoms with Gasteiger partial charge in [0.05, 0.1) is 32.3 Å². The van der Waals surface area contributed by atoms with E-state index in [9.17, 15) is 4.21 Å². The monoisotopic (exact) mass is 350 g/mol. The van der Waals surface area contributed by atoms with Crippen LogP contribution in [0.1, 0.15) is 19.0 Å². The molecule has 4 rings (SSSR count). The lowest BCUT2D eigenvalue weighted by Gasteiger charge is -2.09. The van der Waals surface area contributed by atoms with E-state index in [1.54, 1.807) is 10.9 Å². The van der Waals surface area contributed by atoms with Crippen LogP contribution in [-0.2, 0) is 10.8 Å². The molecular formula is C19H18N4OS. The van der Waals surface area contributed by atoms with Crippen LogP contribution in [0.3, 0.4) is 0 Å². The van der Waals surface area contributed by atoms with Crippen LogP contribution in [0.5, 0.6) is 0 Å². The van der Waals surface area contributed by atoms with Gasteiger partial charge in [0.1, 0.15) is 0 Å². The average molecular weight is 350 g/mol. The summed E-state index contributed by atoms with van der Waals surface area (Å²) in [5, 5.41) is 6.45. The molecule has 3 heterocycles. The Morgan fingerprint density at radius 2 is 1.92 bits per heavy atom. The molecule has 1 aromatic carbocycles. The molecular weight excluding hydrogens is 332 g/mol. The molecule has 1 atom stereocenters. The van der Waals surface area contributed by atoms with Crippen LogP contribution in [0.2, 0.25) is 0 Å². The number of benzene rings is 1. The van der Waals surface area contributed by atoms with E-state index in [1.165, 1.54) is 0 Å². The van der Waals surface area contributed by atoms with Crippen LogP contribution in [0.4, 0.5) is 0 Å². The topological polar surface area (TPSA) is 60.7 Å². The molecule has 0 aliphatic heterocycles. The van der Waals surface area contributed by atoms with Crippen molar-refractivity contribution < 1.29 is 4.21 Å². The van der Waals surface area contributed by atoms with Gasteiger partial charge in [-0.05, 0) is 31.5 Å². The largest absolute Gasteiger partial charge is 0.254 e. The quantitative estimate of drug-likeness (QED) is 0.562. The van der Waals surface area contributed by atoms with E-state index in [-0.39, 0.29) is 0 Å². The molecule has 4 aromatic rings. The molecule has 3 aromatic heterocycles. The van der Waals surface area contributed by atoms with Gasteiger partial charge in [0.2, 0.25) is 0 Å². The van der Waals surface area contributed by atoms with Crippen molar-refractivity contribution in [1.29, 1.82) is 0 Å². The predicted octanol–water partition coefficient (Wildman–Crippen LogP) is 3.79. The lowest BCUT2D eigenvalue weighted by molar-refractivity contribution is 0.683. The fourth-order valence-electron chi connectivity index (χ4n) is 3.06. The summed E-state index contributed by atoms with van der Waals surface area (Å²) in [5.41, 5.74) is 2.35. The van der Waals surface area contributed by atoms with Gasteiger partial charge < -0.3 is 0 Å². The zero-order chi connectivity index (χ0) is 17.4. The number of hydrogen-bond donors (Lipinski definition) is 0. The number of hydrogen-bond acceptors (Lipinski definition) is 4. The zero-order valence-electron chi connectivity index (χ0n) is 14.1. The summed E-state index contributed by atoms with van der Waals surface area (Å²) in [5.74, 6) is 1.33. The molecule has 0 amide bonds. The third-order valence-electron chi connectivity index (χ3n) is 4.12. The summed E-state index contributed by atoms with van der Waals surface area (Å²) in [6.07, 6.45) is 2.59. The van der Waals surface area contributed by atoms with Gasteiger partial charge in [-0.25, -0.2) is 9.97 Å². The van der Waals surface area contributed by atoms with Crippen LogP contribution in [-0.4, -0.2) is 29.7 Å². The SMILES string of the molecule is CCCS(=O)c1c2ccccc2nc2c1c(C)nn2-c1ccccn1. The summed E-state index contributed by atoms with van der Waals surface area (Å²) in [7, 11) is -1.10. The van der Waals surface area contributed by atoms with E-state index in [1.807, 2.05) is 56.3 Å².